The van der Waals surface area contributed by atoms with Crippen molar-refractivity contribution in [2.45, 2.75) is 18.8 Å². The fraction of sp³-hybridized carbons (Fsp3) is 0.214. The van der Waals surface area contributed by atoms with Crippen LogP contribution in [-0.4, -0.2) is 0 Å². The molecule has 0 N–H and O–H groups in total. The molecule has 92 valence electrons. The molecule has 1 aromatic heterocycles. The summed E-state index contributed by atoms with van der Waals surface area (Å²) >= 11 is 3.31. The Kier molecular flexibility index (Phi) is 3.53. The molecule has 0 radical (unpaired) electrons. The van der Waals surface area contributed by atoms with Gasteiger partial charge in [0.2, 0.25) is 0 Å². The van der Waals surface area contributed by atoms with E-state index >= 15 is 0 Å². The zero-order chi connectivity index (χ0) is 13.2. The standard InChI is InChI=1S/C14H11BrFNO/c1-14(9-17,8-10-4-3-7-18-10)13-11(15)5-2-6-12(13)16/h2-7H,8H2,1H3. The second kappa shape index (κ2) is 4.95. The van der Waals surface area contributed by atoms with E-state index in [9.17, 15) is 9.65 Å². The minimum Gasteiger partial charge on any atom is -0.469 e. The lowest BCUT2D eigenvalue weighted by Crippen LogP contribution is -2.24. The molecule has 1 atom stereocenters. The van der Waals surface area contributed by atoms with Crippen LogP contribution < -0.4 is 0 Å². The molecular weight excluding hydrogens is 297 g/mol. The SMILES string of the molecule is CC(C#N)(Cc1ccco1)c1c(F)cccc1Br. The molecule has 1 heterocycles. The van der Waals surface area contributed by atoms with E-state index in [1.165, 1.54) is 6.07 Å². The summed E-state index contributed by atoms with van der Waals surface area (Å²) in [7, 11) is 0. The number of furan rings is 1. The van der Waals surface area contributed by atoms with Crippen LogP contribution in [0, 0.1) is 17.1 Å². The van der Waals surface area contributed by atoms with Gasteiger partial charge in [-0.2, -0.15) is 5.26 Å². The Hall–Kier alpha value is -1.60. The van der Waals surface area contributed by atoms with E-state index in [1.807, 2.05) is 0 Å². The first-order valence-corrected chi connectivity index (χ1v) is 6.24. The molecule has 0 aliphatic carbocycles. The van der Waals surface area contributed by atoms with Gasteiger partial charge in [0.15, 0.2) is 0 Å². The molecule has 1 aromatic carbocycles. The summed E-state index contributed by atoms with van der Waals surface area (Å²) in [5.41, 5.74) is -0.605. The van der Waals surface area contributed by atoms with Crippen molar-refractivity contribution in [3.05, 3.63) is 58.2 Å². The number of halogens is 2. The third-order valence-corrected chi connectivity index (χ3v) is 3.53. The van der Waals surface area contributed by atoms with Gasteiger partial charge in [-0.3, -0.25) is 0 Å². The number of hydrogen-bond donors (Lipinski definition) is 0. The maximum Gasteiger partial charge on any atom is 0.129 e. The molecule has 0 amide bonds. The molecule has 0 bridgehead atoms. The average Bonchev–Trinajstić information content (AvgIpc) is 2.81. The molecule has 0 saturated carbocycles. The van der Waals surface area contributed by atoms with E-state index in [0.29, 0.717) is 22.2 Å². The summed E-state index contributed by atoms with van der Waals surface area (Å²) in [6.45, 7) is 1.71. The second-order valence-electron chi connectivity index (χ2n) is 4.30. The lowest BCUT2D eigenvalue weighted by molar-refractivity contribution is 0.450. The molecule has 2 aromatic rings. The molecule has 18 heavy (non-hydrogen) atoms. The quantitative estimate of drug-likeness (QED) is 0.852. The van der Waals surface area contributed by atoms with E-state index in [1.54, 1.807) is 37.5 Å². The average molecular weight is 308 g/mol. The monoisotopic (exact) mass is 307 g/mol. The molecule has 0 spiro atoms. The van der Waals surface area contributed by atoms with Crippen LogP contribution in [0.5, 0.6) is 0 Å². The van der Waals surface area contributed by atoms with Gasteiger partial charge in [-0.15, -0.1) is 0 Å². The largest absolute Gasteiger partial charge is 0.469 e. The first-order valence-electron chi connectivity index (χ1n) is 5.45. The Morgan fingerprint density at radius 1 is 1.39 bits per heavy atom. The van der Waals surface area contributed by atoms with Crippen LogP contribution in [0.4, 0.5) is 4.39 Å². The van der Waals surface area contributed by atoms with E-state index in [-0.39, 0.29) is 5.82 Å². The van der Waals surface area contributed by atoms with Crippen molar-refractivity contribution in [3.63, 3.8) is 0 Å². The lowest BCUT2D eigenvalue weighted by atomic mass is 9.80. The van der Waals surface area contributed by atoms with Gasteiger partial charge in [-0.25, -0.2) is 4.39 Å². The number of benzene rings is 1. The Morgan fingerprint density at radius 3 is 2.72 bits per heavy atom. The number of nitrogens with zero attached hydrogens (tertiary/aromatic N) is 1. The Morgan fingerprint density at radius 2 is 2.17 bits per heavy atom. The van der Waals surface area contributed by atoms with Crippen molar-refractivity contribution in [2.24, 2.45) is 0 Å². The van der Waals surface area contributed by atoms with Crippen molar-refractivity contribution >= 4 is 15.9 Å². The summed E-state index contributed by atoms with van der Waals surface area (Å²) in [5.74, 6) is 0.272. The first kappa shape index (κ1) is 12.8. The Labute approximate surface area is 113 Å². The zero-order valence-corrected chi connectivity index (χ0v) is 11.4. The van der Waals surface area contributed by atoms with Crippen LogP contribution in [0.1, 0.15) is 18.2 Å². The number of rotatable bonds is 3. The third-order valence-electron chi connectivity index (χ3n) is 2.87. The van der Waals surface area contributed by atoms with Gasteiger partial charge in [0.05, 0.1) is 17.7 Å². The van der Waals surface area contributed by atoms with Crippen molar-refractivity contribution < 1.29 is 8.81 Å². The van der Waals surface area contributed by atoms with Crippen LogP contribution >= 0.6 is 15.9 Å². The van der Waals surface area contributed by atoms with E-state index in [2.05, 4.69) is 22.0 Å². The molecule has 4 heteroatoms. The minimum atomic E-state index is -0.970. The molecule has 0 saturated heterocycles. The van der Waals surface area contributed by atoms with Crippen molar-refractivity contribution in [1.82, 2.24) is 0 Å². The summed E-state index contributed by atoms with van der Waals surface area (Å²) < 4.78 is 19.8. The first-order chi connectivity index (χ1) is 8.57. The number of hydrogen-bond acceptors (Lipinski definition) is 2. The van der Waals surface area contributed by atoms with Gasteiger partial charge in [0, 0.05) is 16.5 Å². The normalized spacial score (nSPS) is 13.9. The maximum absolute atomic E-state index is 13.9. The van der Waals surface area contributed by atoms with E-state index < -0.39 is 5.41 Å². The highest BCUT2D eigenvalue weighted by Crippen LogP contribution is 2.35. The molecule has 2 nitrogen and oxygen atoms in total. The highest BCUT2D eigenvalue weighted by molar-refractivity contribution is 9.10. The lowest BCUT2D eigenvalue weighted by Gasteiger charge is -2.22. The summed E-state index contributed by atoms with van der Waals surface area (Å²) in [4.78, 5) is 0. The summed E-state index contributed by atoms with van der Waals surface area (Å²) in [5, 5.41) is 9.41. The topological polar surface area (TPSA) is 36.9 Å². The molecule has 0 aliphatic heterocycles. The van der Waals surface area contributed by atoms with Crippen molar-refractivity contribution in [2.75, 3.05) is 0 Å². The van der Waals surface area contributed by atoms with Gasteiger partial charge >= 0.3 is 0 Å². The molecule has 0 aliphatic rings. The molecule has 1 unspecified atom stereocenters. The molecule has 2 rings (SSSR count). The predicted octanol–water partition coefficient (Wildman–Crippen LogP) is 4.21. The Bertz CT molecular complexity index is 568. The zero-order valence-electron chi connectivity index (χ0n) is 9.78. The third kappa shape index (κ3) is 2.32. The molecule has 0 fully saturated rings. The summed E-state index contributed by atoms with van der Waals surface area (Å²) in [6, 6.07) is 10.4. The van der Waals surface area contributed by atoms with E-state index in [0.717, 1.165) is 0 Å². The number of nitriles is 1. The van der Waals surface area contributed by atoms with Crippen LogP contribution in [0.25, 0.3) is 0 Å². The van der Waals surface area contributed by atoms with Crippen LogP contribution in [-0.2, 0) is 11.8 Å². The van der Waals surface area contributed by atoms with Gasteiger partial charge < -0.3 is 4.42 Å². The van der Waals surface area contributed by atoms with Crippen LogP contribution in [0.15, 0.2) is 45.5 Å². The Balaban J connectivity index is 2.47. The maximum atomic E-state index is 13.9. The van der Waals surface area contributed by atoms with Gasteiger partial charge in [-0.05, 0) is 31.2 Å². The fourth-order valence-electron chi connectivity index (χ4n) is 1.97. The van der Waals surface area contributed by atoms with Gasteiger partial charge in [0.1, 0.15) is 11.6 Å². The highest BCUT2D eigenvalue weighted by Gasteiger charge is 2.33. The van der Waals surface area contributed by atoms with E-state index in [4.69, 9.17) is 4.42 Å². The minimum absolute atomic E-state index is 0.329. The van der Waals surface area contributed by atoms with Crippen molar-refractivity contribution in [1.29, 1.82) is 5.26 Å². The van der Waals surface area contributed by atoms with Crippen LogP contribution in [0.3, 0.4) is 0 Å². The predicted molar refractivity (Wildman–Crippen MR) is 69.5 cm³/mol. The second-order valence-corrected chi connectivity index (χ2v) is 5.15. The van der Waals surface area contributed by atoms with Crippen LogP contribution in [0.2, 0.25) is 0 Å². The fourth-order valence-corrected chi connectivity index (χ4v) is 2.75. The highest BCUT2D eigenvalue weighted by atomic mass is 79.9. The summed E-state index contributed by atoms with van der Waals surface area (Å²) in [6.07, 6.45) is 1.87. The van der Waals surface area contributed by atoms with Gasteiger partial charge in [0.25, 0.3) is 0 Å². The van der Waals surface area contributed by atoms with Gasteiger partial charge in [-0.1, -0.05) is 22.0 Å². The molecular formula is C14H11BrFNO. The smallest absolute Gasteiger partial charge is 0.129 e. The van der Waals surface area contributed by atoms with Crippen molar-refractivity contribution in [3.8, 4) is 6.07 Å².